The first-order valence-electron chi connectivity index (χ1n) is 12.5. The molecule has 210 valence electrons. The van der Waals surface area contributed by atoms with E-state index in [0.717, 1.165) is 0 Å². The van der Waals surface area contributed by atoms with Crippen LogP contribution in [0.1, 0.15) is 55.6 Å². The quantitative estimate of drug-likeness (QED) is 0.251. The van der Waals surface area contributed by atoms with Gasteiger partial charge in [0.05, 0.1) is 18.7 Å². The van der Waals surface area contributed by atoms with Crippen molar-refractivity contribution in [2.75, 3.05) is 19.7 Å². The zero-order valence-corrected chi connectivity index (χ0v) is 23.5. The summed E-state index contributed by atoms with van der Waals surface area (Å²) in [5.74, 6) is -4.09. The zero-order valence-electron chi connectivity index (χ0n) is 21.1. The van der Waals surface area contributed by atoms with Crippen molar-refractivity contribution in [3.63, 3.8) is 0 Å². The number of ether oxygens (including phenoxy) is 1. The van der Waals surface area contributed by atoms with Gasteiger partial charge in [-0.25, -0.2) is 18.6 Å². The van der Waals surface area contributed by atoms with E-state index in [2.05, 4.69) is 10.3 Å². The fraction of sp³-hybridized carbons (Fsp3) is 0.462. The number of aliphatic carboxylic acids is 1. The van der Waals surface area contributed by atoms with E-state index in [1.165, 1.54) is 11.3 Å². The standard InChI is InChI=1S/C26H28Cl2F2N4O4S/c1-2-38-25(37)21-19(13-34-14-26(29,30)12-16(34)5-3-4-6-20(35)36)32-23(24-31-9-10-39-24)33-22(21)17-8-7-15(27)11-18(17)28/h7-11,16,22H,2-6,12-14H2,1H3,(H,32,33)(H,35,36)/t16-,22-/m0/s1. The van der Waals surface area contributed by atoms with Crippen LogP contribution in [0.25, 0.3) is 0 Å². The molecule has 0 aliphatic carbocycles. The highest BCUT2D eigenvalue weighted by molar-refractivity contribution is 7.11. The molecule has 0 saturated carbocycles. The first-order valence-corrected chi connectivity index (χ1v) is 14.1. The Bertz CT molecular complexity index is 1270. The zero-order chi connectivity index (χ0) is 28.2. The van der Waals surface area contributed by atoms with Crippen LogP contribution in [0.3, 0.4) is 0 Å². The van der Waals surface area contributed by atoms with Crippen molar-refractivity contribution in [2.24, 2.45) is 4.99 Å². The summed E-state index contributed by atoms with van der Waals surface area (Å²) in [5, 5.41) is 15.1. The number of rotatable bonds is 11. The lowest BCUT2D eigenvalue weighted by molar-refractivity contribution is -0.139. The van der Waals surface area contributed by atoms with Gasteiger partial charge in [-0.2, -0.15) is 0 Å². The Morgan fingerprint density at radius 2 is 2.10 bits per heavy atom. The molecule has 2 atom stereocenters. The van der Waals surface area contributed by atoms with Crippen LogP contribution in [0.2, 0.25) is 10.0 Å². The van der Waals surface area contributed by atoms with Gasteiger partial charge in [0.25, 0.3) is 5.92 Å². The van der Waals surface area contributed by atoms with Gasteiger partial charge in [-0.15, -0.1) is 11.3 Å². The first kappa shape index (κ1) is 29.4. The number of benzene rings is 1. The van der Waals surface area contributed by atoms with Crippen LogP contribution in [0, 0.1) is 0 Å². The maximum Gasteiger partial charge on any atom is 0.338 e. The molecule has 2 aliphatic heterocycles. The van der Waals surface area contributed by atoms with Crippen molar-refractivity contribution in [3.8, 4) is 0 Å². The van der Waals surface area contributed by atoms with Crippen LogP contribution >= 0.6 is 34.5 Å². The highest BCUT2D eigenvalue weighted by atomic mass is 35.5. The number of thiazole rings is 1. The topological polar surface area (TPSA) is 104 Å². The van der Waals surface area contributed by atoms with Crippen LogP contribution in [-0.2, 0) is 14.3 Å². The highest BCUT2D eigenvalue weighted by Crippen LogP contribution is 2.39. The molecule has 0 bridgehead atoms. The summed E-state index contributed by atoms with van der Waals surface area (Å²) in [7, 11) is 0. The maximum absolute atomic E-state index is 14.6. The Hall–Kier alpha value is -2.60. The summed E-state index contributed by atoms with van der Waals surface area (Å²) in [5.41, 5.74) is 1.05. The molecule has 1 saturated heterocycles. The molecule has 1 fully saturated rings. The average Bonchev–Trinajstić information content (AvgIpc) is 3.49. The molecule has 0 radical (unpaired) electrons. The van der Waals surface area contributed by atoms with Crippen molar-refractivity contribution < 1.29 is 28.2 Å². The maximum atomic E-state index is 14.6. The summed E-state index contributed by atoms with van der Waals surface area (Å²) in [6.45, 7) is 1.29. The second kappa shape index (κ2) is 12.7. The van der Waals surface area contributed by atoms with Crippen LogP contribution in [0.4, 0.5) is 8.78 Å². The van der Waals surface area contributed by atoms with Gasteiger partial charge >= 0.3 is 11.9 Å². The lowest BCUT2D eigenvalue weighted by Gasteiger charge is -2.31. The van der Waals surface area contributed by atoms with E-state index in [-0.39, 0.29) is 31.6 Å². The van der Waals surface area contributed by atoms with Crippen LogP contribution in [-0.4, -0.2) is 64.4 Å². The monoisotopic (exact) mass is 600 g/mol. The number of aromatic nitrogens is 1. The van der Waals surface area contributed by atoms with E-state index in [1.54, 1.807) is 41.6 Å². The number of halogens is 4. The number of likely N-dealkylation sites (tertiary alicyclic amines) is 1. The molecule has 0 unspecified atom stereocenters. The number of nitrogens with zero attached hydrogens (tertiary/aromatic N) is 3. The Labute approximate surface area is 238 Å². The van der Waals surface area contributed by atoms with Crippen molar-refractivity contribution in [1.29, 1.82) is 0 Å². The van der Waals surface area contributed by atoms with Gasteiger partial charge in [-0.3, -0.25) is 14.7 Å². The summed E-state index contributed by atoms with van der Waals surface area (Å²) in [4.78, 5) is 34.9. The van der Waals surface area contributed by atoms with Crippen molar-refractivity contribution in [1.82, 2.24) is 15.2 Å². The minimum atomic E-state index is -2.91. The number of carboxylic acid groups (broad SMARTS) is 1. The summed E-state index contributed by atoms with van der Waals surface area (Å²) in [6.07, 6.45) is 2.56. The number of carbonyl (C=O) groups excluding carboxylic acids is 1. The van der Waals surface area contributed by atoms with Gasteiger partial charge in [-0.1, -0.05) is 35.7 Å². The molecule has 4 rings (SSSR count). The smallest absolute Gasteiger partial charge is 0.338 e. The van der Waals surface area contributed by atoms with E-state index in [0.29, 0.717) is 51.4 Å². The fourth-order valence-electron chi connectivity index (χ4n) is 4.86. The van der Waals surface area contributed by atoms with Crippen LogP contribution < -0.4 is 5.32 Å². The Morgan fingerprint density at radius 1 is 1.31 bits per heavy atom. The number of alkyl halides is 2. The lowest BCUT2D eigenvalue weighted by atomic mass is 9.95. The number of unbranched alkanes of at least 4 members (excludes halogenated alkanes) is 1. The minimum Gasteiger partial charge on any atom is -0.481 e. The average molecular weight is 602 g/mol. The Morgan fingerprint density at radius 3 is 2.77 bits per heavy atom. The fourth-order valence-corrected chi connectivity index (χ4v) is 5.96. The molecule has 2 N–H and O–H groups in total. The summed E-state index contributed by atoms with van der Waals surface area (Å²) >= 11 is 14.0. The number of hydrogen-bond acceptors (Lipinski definition) is 8. The second-order valence-corrected chi connectivity index (χ2v) is 11.1. The predicted octanol–water partition coefficient (Wildman–Crippen LogP) is 5.71. The molecule has 0 spiro atoms. The van der Waals surface area contributed by atoms with E-state index in [9.17, 15) is 18.4 Å². The normalized spacial score (nSPS) is 21.0. The van der Waals surface area contributed by atoms with Gasteiger partial charge in [0.1, 0.15) is 6.04 Å². The molecule has 13 heteroatoms. The third-order valence-corrected chi connectivity index (χ3v) is 7.88. The molecular weight excluding hydrogens is 573 g/mol. The number of amidine groups is 1. The number of carbonyl (C=O) groups is 2. The molecule has 2 aromatic rings. The van der Waals surface area contributed by atoms with Crippen molar-refractivity contribution in [3.05, 3.63) is 61.7 Å². The minimum absolute atomic E-state index is 0.000557. The van der Waals surface area contributed by atoms with Crippen molar-refractivity contribution >= 4 is 52.3 Å². The lowest BCUT2D eigenvalue weighted by Crippen LogP contribution is -2.41. The Balaban J connectivity index is 1.73. The Kier molecular flexibility index (Phi) is 9.58. The first-order chi connectivity index (χ1) is 18.6. The van der Waals surface area contributed by atoms with E-state index >= 15 is 0 Å². The number of aliphatic imine (C=N–C) groups is 1. The molecule has 1 aromatic heterocycles. The molecule has 8 nitrogen and oxygen atoms in total. The van der Waals surface area contributed by atoms with E-state index in [1.807, 2.05) is 0 Å². The molecular formula is C26H28Cl2F2N4O4S. The number of hydrogen-bond donors (Lipinski definition) is 2. The third-order valence-electron chi connectivity index (χ3n) is 6.54. The molecule has 0 amide bonds. The number of carboxylic acids is 1. The largest absolute Gasteiger partial charge is 0.481 e. The van der Waals surface area contributed by atoms with Crippen LogP contribution in [0.15, 0.2) is 46.0 Å². The molecule has 39 heavy (non-hydrogen) atoms. The second-order valence-electron chi connectivity index (χ2n) is 9.38. The molecule has 2 aliphatic rings. The van der Waals surface area contributed by atoms with Crippen LogP contribution in [0.5, 0.6) is 0 Å². The van der Waals surface area contributed by atoms with Gasteiger partial charge < -0.3 is 15.2 Å². The molecule has 3 heterocycles. The summed E-state index contributed by atoms with van der Waals surface area (Å²) < 4.78 is 34.6. The highest BCUT2D eigenvalue weighted by Gasteiger charge is 2.45. The molecule has 1 aromatic carbocycles. The third kappa shape index (κ3) is 7.33. The number of nitrogens with one attached hydrogen (secondary N) is 1. The summed E-state index contributed by atoms with van der Waals surface area (Å²) in [6, 6.07) is 3.48. The van der Waals surface area contributed by atoms with Gasteiger partial charge in [0.2, 0.25) is 0 Å². The van der Waals surface area contributed by atoms with Gasteiger partial charge in [0.15, 0.2) is 10.8 Å². The predicted molar refractivity (Wildman–Crippen MR) is 146 cm³/mol. The van der Waals surface area contributed by atoms with Crippen molar-refractivity contribution in [2.45, 2.75) is 57.0 Å². The SMILES string of the molecule is CCOC(=O)C1=C(CN2CC(F)(F)C[C@@H]2CCCCC(=O)O)NC(c2nccs2)=N[C@H]1c1ccc(Cl)cc1Cl. The van der Waals surface area contributed by atoms with Gasteiger partial charge in [0, 0.05) is 58.3 Å². The van der Waals surface area contributed by atoms with E-state index in [4.69, 9.17) is 38.0 Å². The van der Waals surface area contributed by atoms with E-state index < -0.39 is 36.5 Å². The number of esters is 1. The van der Waals surface area contributed by atoms with Gasteiger partial charge in [-0.05, 0) is 31.9 Å².